The molecule has 1 atom stereocenters. The van der Waals surface area contributed by atoms with Crippen molar-refractivity contribution in [3.05, 3.63) is 34.9 Å². The second-order valence-electron chi connectivity index (χ2n) is 3.20. The quantitative estimate of drug-likeness (QED) is 0.322. The minimum Gasteiger partial charge on any atom is -0.409 e. The van der Waals surface area contributed by atoms with Crippen LogP contribution in [-0.2, 0) is 0 Å². The lowest BCUT2D eigenvalue weighted by molar-refractivity contribution is 0.0949. The van der Waals surface area contributed by atoms with E-state index in [1.165, 1.54) is 0 Å². The van der Waals surface area contributed by atoms with Crippen LogP contribution in [0.25, 0.3) is 0 Å². The molecule has 0 heterocycles. The van der Waals surface area contributed by atoms with E-state index in [2.05, 4.69) is 10.5 Å². The predicted molar refractivity (Wildman–Crippen MR) is 61.8 cm³/mol. The highest BCUT2D eigenvalue weighted by Gasteiger charge is 2.14. The zero-order valence-corrected chi connectivity index (χ0v) is 9.40. The zero-order valence-electron chi connectivity index (χ0n) is 8.64. The largest absolute Gasteiger partial charge is 0.409 e. The summed E-state index contributed by atoms with van der Waals surface area (Å²) in [7, 11) is 0. The van der Waals surface area contributed by atoms with Crippen molar-refractivity contribution in [1.82, 2.24) is 5.32 Å². The number of amides is 1. The van der Waals surface area contributed by atoms with Crippen LogP contribution in [0.2, 0.25) is 5.02 Å². The van der Waals surface area contributed by atoms with E-state index in [1.807, 2.05) is 0 Å². The van der Waals surface area contributed by atoms with Gasteiger partial charge in [0.05, 0.1) is 16.6 Å². The molecule has 0 aliphatic heterocycles. The fourth-order valence-corrected chi connectivity index (χ4v) is 1.30. The molecule has 1 aromatic rings. The standard InChI is InChI=1S/C10H12ClN3O2/c1-6(9(12)14-16)13-10(15)7-4-2-3-5-8(7)11/h2-6,16H,1H3,(H2,12,14)(H,13,15). The summed E-state index contributed by atoms with van der Waals surface area (Å²) in [6.07, 6.45) is 0. The van der Waals surface area contributed by atoms with E-state index in [1.54, 1.807) is 31.2 Å². The van der Waals surface area contributed by atoms with Crippen molar-refractivity contribution < 1.29 is 10.0 Å². The number of amidine groups is 1. The van der Waals surface area contributed by atoms with Gasteiger partial charge < -0.3 is 16.3 Å². The molecule has 16 heavy (non-hydrogen) atoms. The number of nitrogens with one attached hydrogen (secondary N) is 1. The van der Waals surface area contributed by atoms with Gasteiger partial charge in [0, 0.05) is 0 Å². The number of rotatable bonds is 3. The molecular formula is C10H12ClN3O2. The summed E-state index contributed by atoms with van der Waals surface area (Å²) >= 11 is 5.84. The molecule has 0 radical (unpaired) electrons. The number of carbonyl (C=O) groups excluding carboxylic acids is 1. The molecule has 4 N–H and O–H groups in total. The molecule has 5 nitrogen and oxygen atoms in total. The van der Waals surface area contributed by atoms with Crippen molar-refractivity contribution in [1.29, 1.82) is 0 Å². The first-order valence-electron chi connectivity index (χ1n) is 4.59. The molecule has 0 spiro atoms. The van der Waals surface area contributed by atoms with Crippen LogP contribution in [0.5, 0.6) is 0 Å². The van der Waals surface area contributed by atoms with Crippen molar-refractivity contribution in [3.8, 4) is 0 Å². The Kier molecular flexibility index (Phi) is 4.13. The third kappa shape index (κ3) is 2.87. The summed E-state index contributed by atoms with van der Waals surface area (Å²) in [5, 5.41) is 14.1. The molecule has 1 aromatic carbocycles. The monoisotopic (exact) mass is 241 g/mol. The number of hydrogen-bond donors (Lipinski definition) is 3. The Morgan fingerprint density at radius 3 is 2.75 bits per heavy atom. The van der Waals surface area contributed by atoms with Crippen LogP contribution in [0.4, 0.5) is 0 Å². The minimum absolute atomic E-state index is 0.0691. The fourth-order valence-electron chi connectivity index (χ4n) is 1.08. The molecule has 0 fully saturated rings. The first kappa shape index (κ1) is 12.3. The van der Waals surface area contributed by atoms with Crippen LogP contribution < -0.4 is 11.1 Å². The Hall–Kier alpha value is -1.75. The van der Waals surface area contributed by atoms with Crippen LogP contribution in [-0.4, -0.2) is 23.0 Å². The van der Waals surface area contributed by atoms with Gasteiger partial charge in [-0.1, -0.05) is 28.9 Å². The number of hydrogen-bond acceptors (Lipinski definition) is 3. The van der Waals surface area contributed by atoms with Gasteiger partial charge in [0.2, 0.25) is 0 Å². The topological polar surface area (TPSA) is 87.7 Å². The molecule has 0 aliphatic carbocycles. The third-order valence-electron chi connectivity index (χ3n) is 2.03. The van der Waals surface area contributed by atoms with Crippen molar-refractivity contribution in [3.63, 3.8) is 0 Å². The number of oxime groups is 1. The maximum Gasteiger partial charge on any atom is 0.253 e. The highest BCUT2D eigenvalue weighted by molar-refractivity contribution is 6.33. The Balaban J connectivity index is 2.78. The van der Waals surface area contributed by atoms with Crippen LogP contribution in [0, 0.1) is 0 Å². The van der Waals surface area contributed by atoms with Gasteiger partial charge >= 0.3 is 0 Å². The van der Waals surface area contributed by atoms with Gasteiger partial charge in [0.1, 0.15) is 0 Å². The summed E-state index contributed by atoms with van der Waals surface area (Å²) in [6, 6.07) is 6.08. The van der Waals surface area contributed by atoms with E-state index in [-0.39, 0.29) is 11.7 Å². The van der Waals surface area contributed by atoms with Crippen LogP contribution >= 0.6 is 11.6 Å². The third-order valence-corrected chi connectivity index (χ3v) is 2.35. The normalized spacial score (nSPS) is 13.2. The molecule has 0 bridgehead atoms. The summed E-state index contributed by atoms with van der Waals surface area (Å²) in [6.45, 7) is 1.60. The molecule has 6 heteroatoms. The molecule has 0 saturated carbocycles. The highest BCUT2D eigenvalue weighted by Crippen LogP contribution is 2.14. The number of nitrogens with two attached hydrogens (primary N) is 1. The van der Waals surface area contributed by atoms with E-state index in [0.29, 0.717) is 10.6 Å². The summed E-state index contributed by atoms with van der Waals surface area (Å²) in [5.74, 6) is -0.440. The van der Waals surface area contributed by atoms with Crippen LogP contribution in [0.1, 0.15) is 17.3 Å². The van der Waals surface area contributed by atoms with Crippen molar-refractivity contribution in [2.45, 2.75) is 13.0 Å². The number of benzene rings is 1. The maximum absolute atomic E-state index is 11.7. The Bertz CT molecular complexity index is 420. The number of halogens is 1. The first-order chi connectivity index (χ1) is 7.56. The predicted octanol–water partition coefficient (Wildman–Crippen LogP) is 1.20. The molecule has 1 amide bonds. The van der Waals surface area contributed by atoms with Gasteiger partial charge in [0.15, 0.2) is 5.84 Å². The fraction of sp³-hybridized carbons (Fsp3) is 0.200. The Labute approximate surface area is 97.9 Å². The SMILES string of the molecule is CC(NC(=O)c1ccccc1Cl)/C(N)=N/O. The second kappa shape index (κ2) is 5.37. The maximum atomic E-state index is 11.7. The van der Waals surface area contributed by atoms with Gasteiger partial charge in [-0.25, -0.2) is 0 Å². The lowest BCUT2D eigenvalue weighted by atomic mass is 10.2. The van der Waals surface area contributed by atoms with Crippen LogP contribution in [0.15, 0.2) is 29.4 Å². The van der Waals surface area contributed by atoms with E-state index in [4.69, 9.17) is 22.5 Å². The Morgan fingerprint density at radius 2 is 2.19 bits per heavy atom. The molecular weight excluding hydrogens is 230 g/mol. The molecule has 1 unspecified atom stereocenters. The smallest absolute Gasteiger partial charge is 0.253 e. The average Bonchev–Trinajstić information content (AvgIpc) is 2.28. The van der Waals surface area contributed by atoms with E-state index >= 15 is 0 Å². The van der Waals surface area contributed by atoms with Gasteiger partial charge in [0.25, 0.3) is 5.91 Å². The van der Waals surface area contributed by atoms with Gasteiger partial charge in [-0.15, -0.1) is 0 Å². The molecule has 1 rings (SSSR count). The Morgan fingerprint density at radius 1 is 1.56 bits per heavy atom. The van der Waals surface area contributed by atoms with E-state index in [9.17, 15) is 4.79 Å². The number of carbonyl (C=O) groups is 1. The van der Waals surface area contributed by atoms with Crippen molar-refractivity contribution in [2.24, 2.45) is 10.9 Å². The first-order valence-corrected chi connectivity index (χ1v) is 4.97. The number of nitrogens with zero attached hydrogens (tertiary/aromatic N) is 1. The van der Waals surface area contributed by atoms with Gasteiger partial charge in [-0.2, -0.15) is 0 Å². The van der Waals surface area contributed by atoms with Crippen molar-refractivity contribution in [2.75, 3.05) is 0 Å². The average molecular weight is 242 g/mol. The van der Waals surface area contributed by atoms with E-state index < -0.39 is 6.04 Å². The van der Waals surface area contributed by atoms with Crippen LogP contribution in [0.3, 0.4) is 0 Å². The van der Waals surface area contributed by atoms with Crippen molar-refractivity contribution >= 4 is 23.3 Å². The highest BCUT2D eigenvalue weighted by atomic mass is 35.5. The molecule has 0 saturated heterocycles. The lowest BCUT2D eigenvalue weighted by Crippen LogP contribution is -2.42. The second-order valence-corrected chi connectivity index (χ2v) is 3.61. The molecule has 0 aliphatic rings. The lowest BCUT2D eigenvalue weighted by Gasteiger charge is -2.12. The molecule has 86 valence electrons. The van der Waals surface area contributed by atoms with Gasteiger partial charge in [-0.3, -0.25) is 4.79 Å². The summed E-state index contributed by atoms with van der Waals surface area (Å²) in [4.78, 5) is 11.7. The zero-order chi connectivity index (χ0) is 12.1. The summed E-state index contributed by atoms with van der Waals surface area (Å²) < 4.78 is 0. The summed E-state index contributed by atoms with van der Waals surface area (Å²) in [5.41, 5.74) is 5.68. The van der Waals surface area contributed by atoms with E-state index in [0.717, 1.165) is 0 Å². The minimum atomic E-state index is -0.561. The molecule has 0 aromatic heterocycles. The van der Waals surface area contributed by atoms with Gasteiger partial charge in [-0.05, 0) is 19.1 Å².